The number of primary amides is 1. The highest BCUT2D eigenvalue weighted by Crippen LogP contribution is 2.19. The summed E-state index contributed by atoms with van der Waals surface area (Å²) < 4.78 is 32.4. The summed E-state index contributed by atoms with van der Waals surface area (Å²) in [5.41, 5.74) is 5.85. The largest absolute Gasteiger partial charge is 0.484 e. The van der Waals surface area contributed by atoms with E-state index in [1.807, 2.05) is 30.3 Å². The maximum atomic E-state index is 12.4. The number of amides is 1. The Balaban J connectivity index is 2.08. The van der Waals surface area contributed by atoms with Crippen LogP contribution in [0.2, 0.25) is 0 Å². The molecule has 2 aromatic carbocycles. The highest BCUT2D eigenvalue weighted by Gasteiger charge is 2.18. The number of carbonyl (C=O) groups is 1. The Morgan fingerprint density at radius 3 is 2.30 bits per heavy atom. The minimum Gasteiger partial charge on any atom is -0.484 e. The Hall–Kier alpha value is -2.38. The zero-order valence-corrected chi connectivity index (χ0v) is 13.4. The quantitative estimate of drug-likeness (QED) is 0.803. The fourth-order valence-electron chi connectivity index (χ4n) is 1.98. The Kier molecular flexibility index (Phi) is 5.36. The van der Waals surface area contributed by atoms with E-state index in [4.69, 9.17) is 10.5 Å². The topological polar surface area (TPSA) is 98.5 Å². The maximum Gasteiger partial charge on any atom is 0.255 e. The molecule has 0 saturated heterocycles. The van der Waals surface area contributed by atoms with Crippen LogP contribution in [-0.2, 0) is 14.8 Å². The second kappa shape index (κ2) is 7.26. The van der Waals surface area contributed by atoms with Crippen LogP contribution in [0.1, 0.15) is 18.5 Å². The van der Waals surface area contributed by atoms with Gasteiger partial charge in [-0.05, 0) is 36.8 Å². The third-order valence-electron chi connectivity index (χ3n) is 3.15. The molecule has 0 bridgehead atoms. The van der Waals surface area contributed by atoms with E-state index in [2.05, 4.69) is 4.72 Å². The average molecular weight is 334 g/mol. The number of carbonyl (C=O) groups excluding carboxylic acids is 1. The van der Waals surface area contributed by atoms with Crippen molar-refractivity contribution in [1.82, 2.24) is 4.72 Å². The second-order valence-corrected chi connectivity index (χ2v) is 6.69. The molecule has 0 aliphatic rings. The van der Waals surface area contributed by atoms with Gasteiger partial charge in [0.15, 0.2) is 6.61 Å². The summed E-state index contributed by atoms with van der Waals surface area (Å²) in [5, 5.41) is 0. The van der Waals surface area contributed by atoms with Crippen LogP contribution in [0.25, 0.3) is 0 Å². The van der Waals surface area contributed by atoms with E-state index in [1.54, 1.807) is 6.92 Å². The van der Waals surface area contributed by atoms with Gasteiger partial charge < -0.3 is 10.5 Å². The minimum absolute atomic E-state index is 0.117. The van der Waals surface area contributed by atoms with Crippen LogP contribution >= 0.6 is 0 Å². The normalized spacial score (nSPS) is 12.6. The number of rotatable bonds is 7. The number of hydrogen-bond donors (Lipinski definition) is 2. The number of sulfonamides is 1. The molecule has 122 valence electrons. The van der Waals surface area contributed by atoms with Crippen molar-refractivity contribution in [3.05, 3.63) is 60.2 Å². The fraction of sp³-hybridized carbons (Fsp3) is 0.188. The smallest absolute Gasteiger partial charge is 0.255 e. The first kappa shape index (κ1) is 17.0. The van der Waals surface area contributed by atoms with Crippen LogP contribution in [0.4, 0.5) is 0 Å². The molecule has 0 saturated carbocycles. The van der Waals surface area contributed by atoms with Crippen molar-refractivity contribution in [2.24, 2.45) is 5.73 Å². The maximum absolute atomic E-state index is 12.4. The van der Waals surface area contributed by atoms with Gasteiger partial charge in [0.05, 0.1) is 4.90 Å². The molecule has 0 aliphatic heterocycles. The molecule has 1 atom stereocenters. The molecule has 2 rings (SSSR count). The van der Waals surface area contributed by atoms with E-state index in [9.17, 15) is 13.2 Å². The average Bonchev–Trinajstić information content (AvgIpc) is 2.53. The van der Waals surface area contributed by atoms with Crippen molar-refractivity contribution >= 4 is 15.9 Å². The van der Waals surface area contributed by atoms with Crippen molar-refractivity contribution < 1.29 is 17.9 Å². The monoisotopic (exact) mass is 334 g/mol. The van der Waals surface area contributed by atoms with E-state index in [1.165, 1.54) is 24.3 Å². The molecule has 3 N–H and O–H groups in total. The lowest BCUT2D eigenvalue weighted by molar-refractivity contribution is -0.119. The summed E-state index contributed by atoms with van der Waals surface area (Å²) in [7, 11) is -3.65. The molecule has 0 spiro atoms. The molecule has 6 nitrogen and oxygen atoms in total. The van der Waals surface area contributed by atoms with Crippen LogP contribution in [0, 0.1) is 0 Å². The first-order valence-corrected chi connectivity index (χ1v) is 8.45. The Morgan fingerprint density at radius 2 is 1.74 bits per heavy atom. The molecule has 0 radical (unpaired) electrons. The van der Waals surface area contributed by atoms with Gasteiger partial charge in [0.25, 0.3) is 5.91 Å². The SMILES string of the molecule is C[C@@H](NS(=O)(=O)c1ccc(OCC(N)=O)cc1)c1ccccc1. The molecule has 7 heteroatoms. The lowest BCUT2D eigenvalue weighted by Gasteiger charge is -2.15. The number of ether oxygens (including phenoxy) is 1. The molecule has 1 amide bonds. The Labute approximate surface area is 135 Å². The molecule has 0 aliphatic carbocycles. The third-order valence-corrected chi connectivity index (χ3v) is 4.70. The first-order chi connectivity index (χ1) is 10.9. The Morgan fingerprint density at radius 1 is 1.13 bits per heavy atom. The van der Waals surface area contributed by atoms with Crippen LogP contribution in [-0.4, -0.2) is 20.9 Å². The number of nitrogens with two attached hydrogens (primary N) is 1. The van der Waals surface area contributed by atoms with Gasteiger partial charge in [0, 0.05) is 6.04 Å². The summed E-state index contributed by atoms with van der Waals surface area (Å²) in [4.78, 5) is 10.8. The first-order valence-electron chi connectivity index (χ1n) is 6.97. The van der Waals surface area contributed by atoms with Crippen molar-refractivity contribution in [1.29, 1.82) is 0 Å². The predicted octanol–water partition coefficient (Wildman–Crippen LogP) is 1.59. The van der Waals surface area contributed by atoms with Gasteiger partial charge in [-0.2, -0.15) is 0 Å². The second-order valence-electron chi connectivity index (χ2n) is 4.98. The summed E-state index contributed by atoms with van der Waals surface area (Å²) in [6.07, 6.45) is 0. The third kappa shape index (κ3) is 4.80. The highest BCUT2D eigenvalue weighted by molar-refractivity contribution is 7.89. The highest BCUT2D eigenvalue weighted by atomic mass is 32.2. The van der Waals surface area contributed by atoms with Gasteiger partial charge in [-0.25, -0.2) is 13.1 Å². The molecular formula is C16H18N2O4S. The van der Waals surface area contributed by atoms with Crippen LogP contribution in [0.15, 0.2) is 59.5 Å². The van der Waals surface area contributed by atoms with Gasteiger partial charge in [-0.15, -0.1) is 0 Å². The van der Waals surface area contributed by atoms with Crippen LogP contribution < -0.4 is 15.2 Å². The lowest BCUT2D eigenvalue weighted by atomic mass is 10.1. The van der Waals surface area contributed by atoms with E-state index in [-0.39, 0.29) is 17.5 Å². The van der Waals surface area contributed by atoms with Gasteiger partial charge >= 0.3 is 0 Å². The predicted molar refractivity (Wildman–Crippen MR) is 86.3 cm³/mol. The van der Waals surface area contributed by atoms with E-state index < -0.39 is 15.9 Å². The zero-order chi connectivity index (χ0) is 16.9. The van der Waals surface area contributed by atoms with E-state index in [0.29, 0.717) is 5.75 Å². The molecule has 0 fully saturated rings. The van der Waals surface area contributed by atoms with Gasteiger partial charge in [-0.3, -0.25) is 4.79 Å². The lowest BCUT2D eigenvalue weighted by Crippen LogP contribution is -2.26. The number of nitrogens with one attached hydrogen (secondary N) is 1. The molecule has 23 heavy (non-hydrogen) atoms. The van der Waals surface area contributed by atoms with Crippen molar-refractivity contribution in [3.63, 3.8) is 0 Å². The van der Waals surface area contributed by atoms with Crippen molar-refractivity contribution in [2.75, 3.05) is 6.61 Å². The summed E-state index contributed by atoms with van der Waals surface area (Å²) in [5.74, 6) is -0.223. The summed E-state index contributed by atoms with van der Waals surface area (Å²) in [6.45, 7) is 1.52. The van der Waals surface area contributed by atoms with Crippen molar-refractivity contribution in [3.8, 4) is 5.75 Å². The van der Waals surface area contributed by atoms with E-state index >= 15 is 0 Å². The van der Waals surface area contributed by atoms with Crippen LogP contribution in [0.5, 0.6) is 5.75 Å². The van der Waals surface area contributed by atoms with Gasteiger partial charge in [0.2, 0.25) is 10.0 Å². The molecule has 2 aromatic rings. The molecule has 0 heterocycles. The standard InChI is InChI=1S/C16H18N2O4S/c1-12(13-5-3-2-4-6-13)18-23(20,21)15-9-7-14(8-10-15)22-11-16(17)19/h2-10,12,18H,11H2,1H3,(H2,17,19)/t12-/m1/s1. The van der Waals surface area contributed by atoms with Gasteiger partial charge in [-0.1, -0.05) is 30.3 Å². The fourth-order valence-corrected chi connectivity index (χ4v) is 3.21. The van der Waals surface area contributed by atoms with E-state index in [0.717, 1.165) is 5.56 Å². The summed E-state index contributed by atoms with van der Waals surface area (Å²) >= 11 is 0. The number of benzene rings is 2. The van der Waals surface area contributed by atoms with Crippen molar-refractivity contribution in [2.45, 2.75) is 17.9 Å². The zero-order valence-electron chi connectivity index (χ0n) is 12.6. The van der Waals surface area contributed by atoms with Crippen LogP contribution in [0.3, 0.4) is 0 Å². The molecular weight excluding hydrogens is 316 g/mol. The Bertz CT molecular complexity index is 758. The van der Waals surface area contributed by atoms with Gasteiger partial charge in [0.1, 0.15) is 5.75 Å². The molecule has 0 aromatic heterocycles. The molecule has 0 unspecified atom stereocenters. The minimum atomic E-state index is -3.65. The summed E-state index contributed by atoms with van der Waals surface area (Å²) in [6, 6.07) is 14.7. The number of hydrogen-bond acceptors (Lipinski definition) is 4.